The molecule has 0 aliphatic heterocycles. The van der Waals surface area contributed by atoms with Crippen LogP contribution in [-0.2, 0) is 0 Å². The van der Waals surface area contributed by atoms with Crippen LogP contribution in [-0.4, -0.2) is 19.8 Å². The standard InChI is InChI=1S/C10H24N2/c1-8(2)6-10(9(3)4)12-7-11-5/h8-12H,6-7H2,1-5H3. The molecule has 1 atom stereocenters. The van der Waals surface area contributed by atoms with E-state index >= 15 is 0 Å². The van der Waals surface area contributed by atoms with Gasteiger partial charge in [0.25, 0.3) is 0 Å². The summed E-state index contributed by atoms with van der Waals surface area (Å²) in [5.41, 5.74) is 0. The topological polar surface area (TPSA) is 24.1 Å². The normalized spacial score (nSPS) is 14.2. The Morgan fingerprint density at radius 1 is 1.08 bits per heavy atom. The van der Waals surface area contributed by atoms with E-state index in [2.05, 4.69) is 38.3 Å². The lowest BCUT2D eigenvalue weighted by Gasteiger charge is -2.24. The molecule has 1 unspecified atom stereocenters. The van der Waals surface area contributed by atoms with Crippen molar-refractivity contribution in [2.24, 2.45) is 11.8 Å². The van der Waals surface area contributed by atoms with Gasteiger partial charge in [-0.25, -0.2) is 0 Å². The monoisotopic (exact) mass is 172 g/mol. The molecule has 0 bridgehead atoms. The van der Waals surface area contributed by atoms with Crippen molar-refractivity contribution in [1.82, 2.24) is 10.6 Å². The minimum Gasteiger partial charge on any atom is -0.308 e. The zero-order valence-electron chi connectivity index (χ0n) is 9.15. The smallest absolute Gasteiger partial charge is 0.0453 e. The molecule has 0 aromatic heterocycles. The first kappa shape index (κ1) is 11.9. The van der Waals surface area contributed by atoms with E-state index in [0.717, 1.165) is 18.5 Å². The first-order valence-electron chi connectivity index (χ1n) is 4.96. The summed E-state index contributed by atoms with van der Waals surface area (Å²) < 4.78 is 0. The molecular formula is C10H24N2. The molecule has 74 valence electrons. The zero-order chi connectivity index (χ0) is 9.56. The van der Waals surface area contributed by atoms with E-state index < -0.39 is 0 Å². The summed E-state index contributed by atoms with van der Waals surface area (Å²) in [6.45, 7) is 10.0. The quantitative estimate of drug-likeness (QED) is 0.597. The Balaban J connectivity index is 3.70. The molecule has 0 saturated carbocycles. The third-order valence-electron chi connectivity index (χ3n) is 2.07. The minimum absolute atomic E-state index is 0.650. The molecule has 2 nitrogen and oxygen atoms in total. The molecule has 0 spiro atoms. The van der Waals surface area contributed by atoms with Crippen LogP contribution < -0.4 is 10.6 Å². The van der Waals surface area contributed by atoms with Crippen LogP contribution in [0.3, 0.4) is 0 Å². The van der Waals surface area contributed by atoms with Crippen LogP contribution in [0.4, 0.5) is 0 Å². The van der Waals surface area contributed by atoms with Crippen LogP contribution >= 0.6 is 0 Å². The van der Waals surface area contributed by atoms with Crippen LogP contribution in [0.2, 0.25) is 0 Å². The summed E-state index contributed by atoms with van der Waals surface area (Å²) in [6, 6.07) is 0.650. The van der Waals surface area contributed by atoms with E-state index in [1.807, 2.05) is 7.05 Å². The van der Waals surface area contributed by atoms with Crippen LogP contribution in [0.15, 0.2) is 0 Å². The van der Waals surface area contributed by atoms with E-state index in [-0.39, 0.29) is 0 Å². The Morgan fingerprint density at radius 2 is 1.67 bits per heavy atom. The van der Waals surface area contributed by atoms with Crippen molar-refractivity contribution >= 4 is 0 Å². The molecule has 0 aromatic carbocycles. The third kappa shape index (κ3) is 5.56. The summed E-state index contributed by atoms with van der Waals surface area (Å²) in [4.78, 5) is 0. The molecule has 0 saturated heterocycles. The average molecular weight is 172 g/mol. The lowest BCUT2D eigenvalue weighted by molar-refractivity contribution is 0.334. The number of rotatable bonds is 6. The fourth-order valence-electron chi connectivity index (χ4n) is 1.33. The van der Waals surface area contributed by atoms with Gasteiger partial charge in [0.2, 0.25) is 0 Å². The largest absolute Gasteiger partial charge is 0.308 e. The summed E-state index contributed by atoms with van der Waals surface area (Å²) >= 11 is 0. The van der Waals surface area contributed by atoms with Crippen molar-refractivity contribution in [1.29, 1.82) is 0 Å². The minimum atomic E-state index is 0.650. The summed E-state index contributed by atoms with van der Waals surface area (Å²) in [7, 11) is 1.97. The maximum atomic E-state index is 3.49. The molecule has 0 aliphatic carbocycles. The Hall–Kier alpha value is -0.0800. The van der Waals surface area contributed by atoms with Gasteiger partial charge in [0.15, 0.2) is 0 Å². The summed E-state index contributed by atoms with van der Waals surface area (Å²) in [6.07, 6.45) is 1.26. The molecule has 2 N–H and O–H groups in total. The van der Waals surface area contributed by atoms with E-state index in [9.17, 15) is 0 Å². The molecule has 0 amide bonds. The van der Waals surface area contributed by atoms with Gasteiger partial charge in [-0.1, -0.05) is 27.7 Å². The highest BCUT2D eigenvalue weighted by molar-refractivity contribution is 4.70. The fraction of sp³-hybridized carbons (Fsp3) is 1.00. The van der Waals surface area contributed by atoms with Crippen molar-refractivity contribution in [3.05, 3.63) is 0 Å². The van der Waals surface area contributed by atoms with E-state index in [4.69, 9.17) is 0 Å². The predicted molar refractivity (Wildman–Crippen MR) is 55.1 cm³/mol. The van der Waals surface area contributed by atoms with Crippen molar-refractivity contribution < 1.29 is 0 Å². The average Bonchev–Trinajstić information content (AvgIpc) is 1.96. The van der Waals surface area contributed by atoms with E-state index in [1.54, 1.807) is 0 Å². The van der Waals surface area contributed by atoms with E-state index in [1.165, 1.54) is 6.42 Å². The molecule has 0 rings (SSSR count). The van der Waals surface area contributed by atoms with Crippen LogP contribution in [0, 0.1) is 11.8 Å². The summed E-state index contributed by atoms with van der Waals surface area (Å²) in [5.74, 6) is 1.50. The van der Waals surface area contributed by atoms with E-state index in [0.29, 0.717) is 6.04 Å². The summed E-state index contributed by atoms with van der Waals surface area (Å²) in [5, 5.41) is 6.60. The Morgan fingerprint density at radius 3 is 2.00 bits per heavy atom. The number of nitrogens with one attached hydrogen (secondary N) is 2. The third-order valence-corrected chi connectivity index (χ3v) is 2.07. The van der Waals surface area contributed by atoms with Gasteiger partial charge in [-0.2, -0.15) is 0 Å². The van der Waals surface area contributed by atoms with Gasteiger partial charge in [0.05, 0.1) is 0 Å². The van der Waals surface area contributed by atoms with Gasteiger partial charge in [-0.15, -0.1) is 0 Å². The fourth-order valence-corrected chi connectivity index (χ4v) is 1.33. The van der Waals surface area contributed by atoms with Crippen LogP contribution in [0.5, 0.6) is 0 Å². The molecule has 0 aliphatic rings. The van der Waals surface area contributed by atoms with Crippen molar-refractivity contribution in [2.75, 3.05) is 13.7 Å². The van der Waals surface area contributed by atoms with Gasteiger partial charge in [-0.05, 0) is 25.3 Å². The molecule has 12 heavy (non-hydrogen) atoms. The van der Waals surface area contributed by atoms with Crippen LogP contribution in [0.25, 0.3) is 0 Å². The Labute approximate surface area is 77.1 Å². The molecule has 0 radical (unpaired) electrons. The molecule has 0 aromatic rings. The highest BCUT2D eigenvalue weighted by Gasteiger charge is 2.13. The predicted octanol–water partition coefficient (Wildman–Crippen LogP) is 1.82. The maximum absolute atomic E-state index is 3.49. The second-order valence-electron chi connectivity index (χ2n) is 4.21. The van der Waals surface area contributed by atoms with Gasteiger partial charge in [-0.3, -0.25) is 0 Å². The Bertz CT molecular complexity index is 100. The molecule has 2 heteroatoms. The highest BCUT2D eigenvalue weighted by atomic mass is 15.1. The maximum Gasteiger partial charge on any atom is 0.0453 e. The highest BCUT2D eigenvalue weighted by Crippen LogP contribution is 2.11. The van der Waals surface area contributed by atoms with Crippen LogP contribution in [0.1, 0.15) is 34.1 Å². The van der Waals surface area contributed by atoms with Gasteiger partial charge < -0.3 is 10.6 Å². The Kier molecular flexibility index (Phi) is 6.39. The van der Waals surface area contributed by atoms with Gasteiger partial charge >= 0.3 is 0 Å². The van der Waals surface area contributed by atoms with Crippen molar-refractivity contribution in [2.45, 2.75) is 40.2 Å². The zero-order valence-corrected chi connectivity index (χ0v) is 9.15. The van der Waals surface area contributed by atoms with Gasteiger partial charge in [0.1, 0.15) is 0 Å². The molecular weight excluding hydrogens is 148 g/mol. The number of hydrogen-bond donors (Lipinski definition) is 2. The van der Waals surface area contributed by atoms with Gasteiger partial charge in [0, 0.05) is 12.7 Å². The SMILES string of the molecule is CNCNC(CC(C)C)C(C)C. The second-order valence-corrected chi connectivity index (χ2v) is 4.21. The second kappa shape index (κ2) is 6.44. The lowest BCUT2D eigenvalue weighted by Crippen LogP contribution is -2.39. The number of hydrogen-bond acceptors (Lipinski definition) is 2. The lowest BCUT2D eigenvalue weighted by atomic mass is 9.95. The first-order valence-corrected chi connectivity index (χ1v) is 4.96. The first-order chi connectivity index (χ1) is 5.57. The molecule has 0 fully saturated rings. The molecule has 0 heterocycles. The van der Waals surface area contributed by atoms with Crippen molar-refractivity contribution in [3.63, 3.8) is 0 Å². The van der Waals surface area contributed by atoms with Crippen molar-refractivity contribution in [3.8, 4) is 0 Å².